The van der Waals surface area contributed by atoms with Crippen LogP contribution in [0.4, 0.5) is 0 Å². The Balaban J connectivity index is 3.04. The average molecular weight is 215 g/mol. The highest BCUT2D eigenvalue weighted by Crippen LogP contribution is 2.25. The van der Waals surface area contributed by atoms with Gasteiger partial charge in [0.05, 0.1) is 11.6 Å². The van der Waals surface area contributed by atoms with Gasteiger partial charge in [-0.25, -0.2) is 0 Å². The first-order valence-corrected chi connectivity index (χ1v) is 6.02. The van der Waals surface area contributed by atoms with Gasteiger partial charge in [0.15, 0.2) is 0 Å². The van der Waals surface area contributed by atoms with E-state index in [-0.39, 0.29) is 5.41 Å². The summed E-state index contributed by atoms with van der Waals surface area (Å²) in [7, 11) is 0. The van der Waals surface area contributed by atoms with E-state index in [9.17, 15) is 0 Å². The molecule has 0 spiro atoms. The van der Waals surface area contributed by atoms with Gasteiger partial charge < -0.3 is 0 Å². The van der Waals surface area contributed by atoms with Crippen LogP contribution < -0.4 is 0 Å². The molecule has 0 saturated heterocycles. The Bertz CT molecular complexity index is 391. The third-order valence-electron chi connectivity index (χ3n) is 2.90. The molecule has 0 aliphatic heterocycles. The predicted octanol–water partition coefficient (Wildman–Crippen LogP) is 4.20. The fourth-order valence-electron chi connectivity index (χ4n) is 1.73. The number of aryl methyl sites for hydroxylation is 1. The van der Waals surface area contributed by atoms with Crippen LogP contribution in [0.1, 0.15) is 57.2 Å². The van der Waals surface area contributed by atoms with Crippen LogP contribution in [0.3, 0.4) is 0 Å². The van der Waals surface area contributed by atoms with E-state index in [1.54, 1.807) is 0 Å². The zero-order valence-corrected chi connectivity index (χ0v) is 10.8. The lowest BCUT2D eigenvalue weighted by atomic mass is 9.85. The molecule has 1 nitrogen and oxygen atoms in total. The number of hydrogen-bond donors (Lipinski definition) is 0. The van der Waals surface area contributed by atoms with Gasteiger partial charge in [-0.3, -0.25) is 0 Å². The maximum Gasteiger partial charge on any atom is 0.0994 e. The van der Waals surface area contributed by atoms with Gasteiger partial charge >= 0.3 is 0 Å². The fourth-order valence-corrected chi connectivity index (χ4v) is 1.73. The summed E-state index contributed by atoms with van der Waals surface area (Å²) >= 11 is 0. The second kappa shape index (κ2) is 5.16. The van der Waals surface area contributed by atoms with Crippen molar-refractivity contribution in [2.75, 3.05) is 0 Å². The summed E-state index contributed by atoms with van der Waals surface area (Å²) in [4.78, 5) is 0. The summed E-state index contributed by atoms with van der Waals surface area (Å²) in [5.74, 6) is 0. The van der Waals surface area contributed by atoms with Crippen LogP contribution in [0.25, 0.3) is 0 Å². The third-order valence-corrected chi connectivity index (χ3v) is 2.90. The predicted molar refractivity (Wildman–Crippen MR) is 68.5 cm³/mol. The second-order valence-electron chi connectivity index (χ2n) is 5.34. The Morgan fingerprint density at radius 1 is 1.25 bits per heavy atom. The first kappa shape index (κ1) is 12.8. The lowest BCUT2D eigenvalue weighted by Crippen LogP contribution is -2.11. The molecular formula is C15H21N. The summed E-state index contributed by atoms with van der Waals surface area (Å²) in [6.07, 6.45) is 3.35. The maximum atomic E-state index is 9.16. The van der Waals surface area contributed by atoms with Gasteiger partial charge in [0.1, 0.15) is 0 Å². The van der Waals surface area contributed by atoms with Crippen LogP contribution >= 0.6 is 0 Å². The topological polar surface area (TPSA) is 23.8 Å². The molecule has 1 aromatic rings. The maximum absolute atomic E-state index is 9.16. The smallest absolute Gasteiger partial charge is 0.0994 e. The monoisotopic (exact) mass is 215 g/mol. The van der Waals surface area contributed by atoms with Crippen LogP contribution in [-0.2, 0) is 11.8 Å². The van der Waals surface area contributed by atoms with Crippen molar-refractivity contribution < 1.29 is 0 Å². The van der Waals surface area contributed by atoms with Crippen molar-refractivity contribution in [2.45, 2.75) is 52.4 Å². The van der Waals surface area contributed by atoms with Crippen LogP contribution in [0.2, 0.25) is 0 Å². The van der Waals surface area contributed by atoms with Gasteiger partial charge in [-0.2, -0.15) is 5.26 Å². The molecule has 86 valence electrons. The molecule has 0 N–H and O–H groups in total. The van der Waals surface area contributed by atoms with Crippen molar-refractivity contribution in [3.63, 3.8) is 0 Å². The van der Waals surface area contributed by atoms with Gasteiger partial charge in [-0.15, -0.1) is 0 Å². The molecule has 0 aliphatic carbocycles. The van der Waals surface area contributed by atoms with E-state index in [0.29, 0.717) is 0 Å². The van der Waals surface area contributed by atoms with E-state index in [1.165, 1.54) is 17.5 Å². The highest BCUT2D eigenvalue weighted by molar-refractivity contribution is 5.42. The summed E-state index contributed by atoms with van der Waals surface area (Å²) in [5.41, 5.74) is 3.40. The molecule has 0 radical (unpaired) electrons. The molecule has 0 unspecified atom stereocenters. The Labute approximate surface area is 99.1 Å². The normalized spacial score (nSPS) is 11.2. The van der Waals surface area contributed by atoms with Crippen molar-refractivity contribution in [3.05, 3.63) is 34.9 Å². The lowest BCUT2D eigenvalue weighted by molar-refractivity contribution is 0.589. The van der Waals surface area contributed by atoms with Gasteiger partial charge in [-0.05, 0) is 35.4 Å². The molecule has 1 aromatic carbocycles. The quantitative estimate of drug-likeness (QED) is 0.741. The standard InChI is InChI=1S/C15H21N/c1-5-6-7-12-8-9-14(15(2,3)4)10-13(12)11-16/h8-10H,5-7H2,1-4H3. The summed E-state index contributed by atoms with van der Waals surface area (Å²) in [5, 5.41) is 9.16. The SMILES string of the molecule is CCCCc1ccc(C(C)(C)C)cc1C#N. The van der Waals surface area contributed by atoms with E-state index in [4.69, 9.17) is 5.26 Å². The molecule has 16 heavy (non-hydrogen) atoms. The van der Waals surface area contributed by atoms with Crippen LogP contribution in [0, 0.1) is 11.3 Å². The van der Waals surface area contributed by atoms with Crippen molar-refractivity contribution in [1.82, 2.24) is 0 Å². The van der Waals surface area contributed by atoms with E-state index in [0.717, 1.165) is 18.4 Å². The Kier molecular flexibility index (Phi) is 4.12. The van der Waals surface area contributed by atoms with Crippen molar-refractivity contribution >= 4 is 0 Å². The minimum absolute atomic E-state index is 0.120. The molecule has 1 heteroatoms. The van der Waals surface area contributed by atoms with Crippen LogP contribution in [0.15, 0.2) is 18.2 Å². The van der Waals surface area contributed by atoms with Crippen LogP contribution in [-0.4, -0.2) is 0 Å². The molecule has 0 fully saturated rings. The number of benzene rings is 1. The first-order valence-electron chi connectivity index (χ1n) is 6.02. The molecule has 0 bridgehead atoms. The molecule has 0 atom stereocenters. The Morgan fingerprint density at radius 2 is 1.94 bits per heavy atom. The van der Waals surface area contributed by atoms with E-state index in [2.05, 4.69) is 45.9 Å². The Hall–Kier alpha value is -1.29. The number of nitriles is 1. The highest BCUT2D eigenvalue weighted by Gasteiger charge is 2.15. The largest absolute Gasteiger partial charge is 0.192 e. The van der Waals surface area contributed by atoms with Gasteiger partial charge in [0, 0.05) is 0 Å². The molecule has 0 heterocycles. The minimum Gasteiger partial charge on any atom is -0.192 e. The third kappa shape index (κ3) is 3.10. The van der Waals surface area contributed by atoms with E-state index >= 15 is 0 Å². The second-order valence-corrected chi connectivity index (χ2v) is 5.34. The lowest BCUT2D eigenvalue weighted by Gasteiger charge is -2.20. The van der Waals surface area contributed by atoms with Gasteiger partial charge in [0.2, 0.25) is 0 Å². The molecular weight excluding hydrogens is 194 g/mol. The van der Waals surface area contributed by atoms with Crippen molar-refractivity contribution in [2.24, 2.45) is 0 Å². The molecule has 0 amide bonds. The van der Waals surface area contributed by atoms with E-state index in [1.807, 2.05) is 6.07 Å². The highest BCUT2D eigenvalue weighted by atomic mass is 14.3. The Morgan fingerprint density at radius 3 is 2.44 bits per heavy atom. The first-order chi connectivity index (χ1) is 7.49. The number of nitrogens with zero attached hydrogens (tertiary/aromatic N) is 1. The zero-order chi connectivity index (χ0) is 12.2. The number of hydrogen-bond acceptors (Lipinski definition) is 1. The minimum atomic E-state index is 0.120. The number of rotatable bonds is 3. The zero-order valence-electron chi connectivity index (χ0n) is 10.8. The molecule has 0 aliphatic rings. The molecule has 1 rings (SSSR count). The average Bonchev–Trinajstić information content (AvgIpc) is 2.24. The summed E-state index contributed by atoms with van der Waals surface area (Å²) in [6.45, 7) is 8.70. The number of unbranched alkanes of at least 4 members (excludes halogenated alkanes) is 1. The van der Waals surface area contributed by atoms with Crippen molar-refractivity contribution in [1.29, 1.82) is 5.26 Å². The van der Waals surface area contributed by atoms with Gasteiger partial charge in [0.25, 0.3) is 0 Å². The van der Waals surface area contributed by atoms with E-state index < -0.39 is 0 Å². The summed E-state index contributed by atoms with van der Waals surface area (Å²) < 4.78 is 0. The van der Waals surface area contributed by atoms with Crippen LogP contribution in [0.5, 0.6) is 0 Å². The summed E-state index contributed by atoms with van der Waals surface area (Å²) in [6, 6.07) is 8.64. The molecule has 0 aromatic heterocycles. The molecule has 0 saturated carbocycles. The van der Waals surface area contributed by atoms with Gasteiger partial charge in [-0.1, -0.05) is 46.2 Å². The van der Waals surface area contributed by atoms with Crippen molar-refractivity contribution in [3.8, 4) is 6.07 Å². The fraction of sp³-hybridized carbons (Fsp3) is 0.533.